The summed E-state index contributed by atoms with van der Waals surface area (Å²) in [4.78, 5) is 2.36. The summed E-state index contributed by atoms with van der Waals surface area (Å²) < 4.78 is 0. The molecule has 0 bridgehead atoms. The van der Waals surface area contributed by atoms with Gasteiger partial charge in [-0.2, -0.15) is 0 Å². The molecule has 0 spiro atoms. The largest absolute Gasteiger partial charge is 0.306 e. The Balaban J connectivity index is 3.04. The van der Waals surface area contributed by atoms with Gasteiger partial charge in [0.25, 0.3) is 0 Å². The maximum atomic E-state index is 3.68. The maximum absolute atomic E-state index is 3.68. The third-order valence-electron chi connectivity index (χ3n) is 1.55. The predicted octanol–water partition coefficient (Wildman–Crippen LogP) is 2.29. The quantitative estimate of drug-likeness (QED) is 0.405. The molecule has 1 nitrogen and oxygen atoms in total. The van der Waals surface area contributed by atoms with Gasteiger partial charge in [0, 0.05) is 0 Å². The van der Waals surface area contributed by atoms with Gasteiger partial charge in [-0.25, -0.2) is 0 Å². The Morgan fingerprint density at radius 1 is 1.40 bits per heavy atom. The van der Waals surface area contributed by atoms with Gasteiger partial charge in [-0.1, -0.05) is 13.0 Å². The van der Waals surface area contributed by atoms with E-state index < -0.39 is 0 Å². The molecule has 0 N–H and O–H groups in total. The van der Waals surface area contributed by atoms with Gasteiger partial charge in [0.2, 0.25) is 0 Å². The molecule has 1 heteroatoms. The van der Waals surface area contributed by atoms with Crippen molar-refractivity contribution >= 4 is 0 Å². The fourth-order valence-corrected chi connectivity index (χ4v) is 0.999. The molecule has 0 aromatic rings. The second kappa shape index (κ2) is 6.81. The minimum Gasteiger partial charge on any atom is -0.306 e. The molecular formula is C9H19N. The van der Waals surface area contributed by atoms with Crippen LogP contribution >= 0.6 is 0 Å². The third-order valence-corrected chi connectivity index (χ3v) is 1.55. The van der Waals surface area contributed by atoms with Crippen molar-refractivity contribution in [2.75, 3.05) is 20.1 Å². The van der Waals surface area contributed by atoms with Gasteiger partial charge in [0.1, 0.15) is 0 Å². The summed E-state index contributed by atoms with van der Waals surface area (Å²) in [5.41, 5.74) is 0. The van der Waals surface area contributed by atoms with E-state index in [2.05, 4.69) is 25.5 Å². The van der Waals surface area contributed by atoms with Crippen LogP contribution in [0.5, 0.6) is 0 Å². The summed E-state index contributed by atoms with van der Waals surface area (Å²) >= 11 is 0. The topological polar surface area (TPSA) is 3.24 Å². The molecule has 0 aliphatic heterocycles. The van der Waals surface area contributed by atoms with Crippen LogP contribution in [0.25, 0.3) is 0 Å². The molecule has 0 heterocycles. The highest BCUT2D eigenvalue weighted by Crippen LogP contribution is 1.93. The highest BCUT2D eigenvalue weighted by molar-refractivity contribution is 4.66. The van der Waals surface area contributed by atoms with Crippen LogP contribution in [0.3, 0.4) is 0 Å². The zero-order valence-electron chi connectivity index (χ0n) is 7.27. The van der Waals surface area contributed by atoms with E-state index in [0.717, 1.165) is 6.42 Å². The summed E-state index contributed by atoms with van der Waals surface area (Å²) in [6.45, 7) is 8.32. The Hall–Kier alpha value is -0.300. The summed E-state index contributed by atoms with van der Waals surface area (Å²) in [5.74, 6) is 0. The monoisotopic (exact) mass is 141 g/mol. The molecule has 0 amide bonds. The van der Waals surface area contributed by atoms with Crippen LogP contribution in [0.15, 0.2) is 12.7 Å². The third kappa shape index (κ3) is 5.83. The fraction of sp³-hybridized carbons (Fsp3) is 0.778. The van der Waals surface area contributed by atoms with Crippen molar-refractivity contribution in [1.82, 2.24) is 4.90 Å². The lowest BCUT2D eigenvalue weighted by atomic mass is 10.3. The molecule has 0 rings (SSSR count). The van der Waals surface area contributed by atoms with Gasteiger partial charge >= 0.3 is 0 Å². The van der Waals surface area contributed by atoms with Crippen molar-refractivity contribution in [3.8, 4) is 0 Å². The first-order chi connectivity index (χ1) is 4.81. The van der Waals surface area contributed by atoms with Crippen molar-refractivity contribution in [2.24, 2.45) is 0 Å². The SMILES string of the molecule is C=CCCCN(C)CCC. The molecule has 0 aromatic heterocycles. The van der Waals surface area contributed by atoms with E-state index in [9.17, 15) is 0 Å². The molecule has 0 aliphatic carbocycles. The van der Waals surface area contributed by atoms with E-state index >= 15 is 0 Å². The Labute approximate surface area is 64.7 Å². The normalized spacial score (nSPS) is 10.3. The smallest absolute Gasteiger partial charge is 0.00188 e. The van der Waals surface area contributed by atoms with Crippen molar-refractivity contribution in [3.05, 3.63) is 12.7 Å². The molecule has 0 aliphatic rings. The van der Waals surface area contributed by atoms with E-state index in [-0.39, 0.29) is 0 Å². The van der Waals surface area contributed by atoms with E-state index in [1.54, 1.807) is 0 Å². The number of nitrogens with zero attached hydrogens (tertiary/aromatic N) is 1. The molecule has 0 unspecified atom stereocenters. The van der Waals surface area contributed by atoms with Crippen LogP contribution in [0.2, 0.25) is 0 Å². The van der Waals surface area contributed by atoms with Crippen molar-refractivity contribution < 1.29 is 0 Å². The van der Waals surface area contributed by atoms with E-state index in [4.69, 9.17) is 0 Å². The van der Waals surface area contributed by atoms with Crippen LogP contribution < -0.4 is 0 Å². The lowest BCUT2D eigenvalue weighted by molar-refractivity contribution is 0.331. The Kier molecular flexibility index (Phi) is 6.61. The fourth-order valence-electron chi connectivity index (χ4n) is 0.999. The van der Waals surface area contributed by atoms with Gasteiger partial charge in [-0.3, -0.25) is 0 Å². The summed E-state index contributed by atoms with van der Waals surface area (Å²) in [6.07, 6.45) is 5.64. The first kappa shape index (κ1) is 9.70. The van der Waals surface area contributed by atoms with Crippen LogP contribution in [0.4, 0.5) is 0 Å². The minimum absolute atomic E-state index is 1.15. The van der Waals surface area contributed by atoms with Gasteiger partial charge in [-0.05, 0) is 39.4 Å². The standard InChI is InChI=1S/C9H19N/c1-4-6-7-9-10(3)8-5-2/h4H,1,5-9H2,2-3H3. The second-order valence-corrected chi connectivity index (χ2v) is 2.73. The Morgan fingerprint density at radius 2 is 2.10 bits per heavy atom. The molecule has 0 fully saturated rings. The average molecular weight is 141 g/mol. The van der Waals surface area contributed by atoms with Gasteiger partial charge in [0.15, 0.2) is 0 Å². The van der Waals surface area contributed by atoms with Crippen molar-refractivity contribution in [3.63, 3.8) is 0 Å². The number of rotatable bonds is 6. The average Bonchev–Trinajstić information content (AvgIpc) is 1.89. The number of unbranched alkanes of at least 4 members (excludes halogenated alkanes) is 1. The zero-order chi connectivity index (χ0) is 7.82. The summed E-state index contributed by atoms with van der Waals surface area (Å²) in [5, 5.41) is 0. The molecular weight excluding hydrogens is 122 g/mol. The predicted molar refractivity (Wildman–Crippen MR) is 47.2 cm³/mol. The molecule has 0 radical (unpaired) electrons. The number of allylic oxidation sites excluding steroid dienone is 1. The Bertz CT molecular complexity index is 78.8. The van der Waals surface area contributed by atoms with E-state index in [1.807, 2.05) is 6.08 Å². The molecule has 0 atom stereocenters. The molecule has 60 valence electrons. The number of hydrogen-bond donors (Lipinski definition) is 0. The molecule has 0 saturated heterocycles. The zero-order valence-corrected chi connectivity index (χ0v) is 7.27. The molecule has 0 aromatic carbocycles. The highest BCUT2D eigenvalue weighted by Gasteiger charge is 1.92. The van der Waals surface area contributed by atoms with Crippen molar-refractivity contribution in [2.45, 2.75) is 26.2 Å². The van der Waals surface area contributed by atoms with E-state index in [1.165, 1.54) is 25.9 Å². The molecule has 10 heavy (non-hydrogen) atoms. The first-order valence-electron chi connectivity index (χ1n) is 4.10. The van der Waals surface area contributed by atoms with Gasteiger partial charge in [0.05, 0.1) is 0 Å². The first-order valence-corrected chi connectivity index (χ1v) is 4.10. The van der Waals surface area contributed by atoms with Crippen LogP contribution in [0, 0.1) is 0 Å². The van der Waals surface area contributed by atoms with Gasteiger partial charge in [-0.15, -0.1) is 6.58 Å². The maximum Gasteiger partial charge on any atom is -0.00188 e. The highest BCUT2D eigenvalue weighted by atomic mass is 15.1. The lowest BCUT2D eigenvalue weighted by Gasteiger charge is -2.13. The van der Waals surface area contributed by atoms with Crippen molar-refractivity contribution in [1.29, 1.82) is 0 Å². The van der Waals surface area contributed by atoms with Crippen LogP contribution in [0.1, 0.15) is 26.2 Å². The van der Waals surface area contributed by atoms with E-state index in [0.29, 0.717) is 0 Å². The second-order valence-electron chi connectivity index (χ2n) is 2.73. The van der Waals surface area contributed by atoms with Crippen LogP contribution in [-0.2, 0) is 0 Å². The number of hydrogen-bond acceptors (Lipinski definition) is 1. The Morgan fingerprint density at radius 3 is 2.60 bits per heavy atom. The molecule has 0 saturated carbocycles. The van der Waals surface area contributed by atoms with Gasteiger partial charge < -0.3 is 4.90 Å². The lowest BCUT2D eigenvalue weighted by Crippen LogP contribution is -2.19. The minimum atomic E-state index is 1.15. The summed E-state index contributed by atoms with van der Waals surface area (Å²) in [6, 6.07) is 0. The van der Waals surface area contributed by atoms with Crippen LogP contribution in [-0.4, -0.2) is 25.0 Å². The summed E-state index contributed by atoms with van der Waals surface area (Å²) in [7, 11) is 2.17.